The fraction of sp³-hybridized carbons (Fsp3) is 0.455. The molecule has 0 aliphatic heterocycles. The molecule has 4 nitrogen and oxygen atoms in total. The maximum Gasteiger partial charge on any atom is 0.240 e. The summed E-state index contributed by atoms with van der Waals surface area (Å²) in [5, 5.41) is 8.57. The molecule has 0 radical (unpaired) electrons. The second-order valence-corrected chi connectivity index (χ2v) is 5.61. The molecule has 0 heterocycles. The summed E-state index contributed by atoms with van der Waals surface area (Å²) in [7, 11) is -3.47. The fourth-order valence-corrected chi connectivity index (χ4v) is 2.32. The molecule has 2 N–H and O–H groups in total. The van der Waals surface area contributed by atoms with E-state index in [2.05, 4.69) is 4.72 Å². The summed E-state index contributed by atoms with van der Waals surface area (Å²) in [6.45, 7) is 3.93. The SMILES string of the molecule is CC(C)c1ccc(S(=O)(=O)NCCO)cc1. The maximum atomic E-state index is 11.6. The van der Waals surface area contributed by atoms with Gasteiger partial charge in [0.2, 0.25) is 10.0 Å². The van der Waals surface area contributed by atoms with Crippen molar-refractivity contribution in [1.29, 1.82) is 0 Å². The molecule has 0 unspecified atom stereocenters. The van der Waals surface area contributed by atoms with Gasteiger partial charge >= 0.3 is 0 Å². The van der Waals surface area contributed by atoms with Crippen LogP contribution in [0, 0.1) is 0 Å². The monoisotopic (exact) mass is 243 g/mol. The van der Waals surface area contributed by atoms with Crippen LogP contribution in [0.15, 0.2) is 29.2 Å². The summed E-state index contributed by atoms with van der Waals surface area (Å²) in [6.07, 6.45) is 0. The van der Waals surface area contributed by atoms with Crippen LogP contribution in [-0.2, 0) is 10.0 Å². The predicted molar refractivity (Wildman–Crippen MR) is 62.8 cm³/mol. The van der Waals surface area contributed by atoms with Gasteiger partial charge in [0.05, 0.1) is 11.5 Å². The number of hydrogen-bond acceptors (Lipinski definition) is 3. The second kappa shape index (κ2) is 5.43. The highest BCUT2D eigenvalue weighted by atomic mass is 32.2. The molecule has 1 rings (SSSR count). The van der Waals surface area contributed by atoms with Crippen LogP contribution < -0.4 is 4.72 Å². The van der Waals surface area contributed by atoms with E-state index >= 15 is 0 Å². The van der Waals surface area contributed by atoms with Gasteiger partial charge in [0, 0.05) is 6.54 Å². The van der Waals surface area contributed by atoms with Crippen molar-refractivity contribution in [3.8, 4) is 0 Å². The van der Waals surface area contributed by atoms with Crippen molar-refractivity contribution in [3.05, 3.63) is 29.8 Å². The maximum absolute atomic E-state index is 11.6. The van der Waals surface area contributed by atoms with Crippen molar-refractivity contribution < 1.29 is 13.5 Å². The molecule has 1 aromatic carbocycles. The minimum atomic E-state index is -3.47. The third kappa shape index (κ3) is 3.30. The number of nitrogens with one attached hydrogen (secondary N) is 1. The van der Waals surface area contributed by atoms with Gasteiger partial charge in [-0.25, -0.2) is 13.1 Å². The van der Waals surface area contributed by atoms with Crippen LogP contribution in [0.2, 0.25) is 0 Å². The molecule has 90 valence electrons. The number of aliphatic hydroxyl groups is 1. The topological polar surface area (TPSA) is 66.4 Å². The first-order valence-corrected chi connectivity index (χ1v) is 6.66. The molecule has 0 fully saturated rings. The summed E-state index contributed by atoms with van der Waals surface area (Å²) >= 11 is 0. The summed E-state index contributed by atoms with van der Waals surface area (Å²) in [6, 6.07) is 6.76. The van der Waals surface area contributed by atoms with E-state index in [-0.39, 0.29) is 18.0 Å². The molecule has 0 saturated heterocycles. The van der Waals surface area contributed by atoms with E-state index in [0.29, 0.717) is 5.92 Å². The Hall–Kier alpha value is -0.910. The summed E-state index contributed by atoms with van der Waals surface area (Å²) in [5.74, 6) is 0.377. The molecule has 0 aromatic heterocycles. The van der Waals surface area contributed by atoms with Gasteiger partial charge < -0.3 is 5.11 Å². The Labute approximate surface area is 96.4 Å². The molecule has 0 saturated carbocycles. The number of hydrogen-bond donors (Lipinski definition) is 2. The molecular weight excluding hydrogens is 226 g/mol. The van der Waals surface area contributed by atoms with Gasteiger partial charge in [0.25, 0.3) is 0 Å². The summed E-state index contributed by atoms with van der Waals surface area (Å²) in [4.78, 5) is 0.227. The molecular formula is C11H17NO3S. The Balaban J connectivity index is 2.89. The van der Waals surface area contributed by atoms with Gasteiger partial charge in [-0.15, -0.1) is 0 Å². The third-order valence-electron chi connectivity index (χ3n) is 2.26. The Morgan fingerprint density at radius 3 is 2.25 bits per heavy atom. The van der Waals surface area contributed by atoms with Gasteiger partial charge in [-0.05, 0) is 23.6 Å². The summed E-state index contributed by atoms with van der Waals surface area (Å²) in [5.41, 5.74) is 1.10. The van der Waals surface area contributed by atoms with Gasteiger partial charge in [0.15, 0.2) is 0 Å². The Morgan fingerprint density at radius 1 is 1.25 bits per heavy atom. The predicted octanol–water partition coefficient (Wildman–Crippen LogP) is 1.08. The van der Waals surface area contributed by atoms with E-state index in [4.69, 9.17) is 5.11 Å². The Morgan fingerprint density at radius 2 is 1.81 bits per heavy atom. The van der Waals surface area contributed by atoms with Gasteiger partial charge in [-0.3, -0.25) is 0 Å². The fourth-order valence-electron chi connectivity index (χ4n) is 1.30. The largest absolute Gasteiger partial charge is 0.395 e. The third-order valence-corrected chi connectivity index (χ3v) is 3.74. The van der Waals surface area contributed by atoms with Crippen LogP contribution in [0.3, 0.4) is 0 Å². The zero-order valence-corrected chi connectivity index (χ0v) is 10.3. The smallest absolute Gasteiger partial charge is 0.240 e. The lowest BCUT2D eigenvalue weighted by molar-refractivity contribution is 0.301. The number of aliphatic hydroxyl groups excluding tert-OH is 1. The van der Waals surface area contributed by atoms with Crippen LogP contribution in [0.4, 0.5) is 0 Å². The minimum Gasteiger partial charge on any atom is -0.395 e. The normalized spacial score (nSPS) is 12.0. The molecule has 0 bridgehead atoms. The van der Waals surface area contributed by atoms with E-state index in [9.17, 15) is 8.42 Å². The van der Waals surface area contributed by atoms with E-state index in [1.807, 2.05) is 13.8 Å². The van der Waals surface area contributed by atoms with Crippen molar-refractivity contribution >= 4 is 10.0 Å². The first kappa shape index (κ1) is 13.2. The molecule has 0 amide bonds. The highest BCUT2D eigenvalue weighted by molar-refractivity contribution is 7.89. The highest BCUT2D eigenvalue weighted by Crippen LogP contribution is 2.16. The average Bonchev–Trinajstić information content (AvgIpc) is 2.26. The molecule has 1 aromatic rings. The number of rotatable bonds is 5. The van der Waals surface area contributed by atoms with Gasteiger partial charge in [-0.2, -0.15) is 0 Å². The van der Waals surface area contributed by atoms with Crippen LogP contribution in [0.5, 0.6) is 0 Å². The Bertz CT molecular complexity index is 423. The van der Waals surface area contributed by atoms with E-state index in [1.54, 1.807) is 24.3 Å². The molecule has 0 atom stereocenters. The first-order chi connectivity index (χ1) is 7.47. The van der Waals surface area contributed by atoms with Crippen LogP contribution in [-0.4, -0.2) is 26.7 Å². The zero-order valence-electron chi connectivity index (χ0n) is 9.47. The lowest BCUT2D eigenvalue weighted by Gasteiger charge is -2.08. The molecule has 0 aliphatic carbocycles. The van der Waals surface area contributed by atoms with Gasteiger partial charge in [0.1, 0.15) is 0 Å². The van der Waals surface area contributed by atoms with E-state index in [0.717, 1.165) is 5.56 Å². The van der Waals surface area contributed by atoms with Crippen molar-refractivity contribution in [3.63, 3.8) is 0 Å². The van der Waals surface area contributed by atoms with E-state index in [1.165, 1.54) is 0 Å². The molecule has 0 spiro atoms. The van der Waals surface area contributed by atoms with Crippen molar-refractivity contribution in [2.75, 3.05) is 13.2 Å². The first-order valence-electron chi connectivity index (χ1n) is 5.18. The standard InChI is InChI=1S/C11H17NO3S/c1-9(2)10-3-5-11(6-4-10)16(14,15)12-7-8-13/h3-6,9,12-13H,7-8H2,1-2H3. The quantitative estimate of drug-likeness (QED) is 0.813. The molecule has 5 heteroatoms. The number of benzene rings is 1. The zero-order chi connectivity index (χ0) is 12.2. The van der Waals surface area contributed by atoms with Gasteiger partial charge in [-0.1, -0.05) is 26.0 Å². The average molecular weight is 243 g/mol. The second-order valence-electron chi connectivity index (χ2n) is 3.85. The van der Waals surface area contributed by atoms with Crippen molar-refractivity contribution in [2.45, 2.75) is 24.7 Å². The van der Waals surface area contributed by atoms with Crippen LogP contribution in [0.1, 0.15) is 25.3 Å². The van der Waals surface area contributed by atoms with Crippen LogP contribution in [0.25, 0.3) is 0 Å². The lowest BCUT2D eigenvalue weighted by atomic mass is 10.0. The highest BCUT2D eigenvalue weighted by Gasteiger charge is 2.12. The van der Waals surface area contributed by atoms with Crippen molar-refractivity contribution in [2.24, 2.45) is 0 Å². The van der Waals surface area contributed by atoms with Crippen LogP contribution >= 0.6 is 0 Å². The molecule has 0 aliphatic rings. The van der Waals surface area contributed by atoms with E-state index < -0.39 is 10.0 Å². The van der Waals surface area contributed by atoms with Crippen molar-refractivity contribution in [1.82, 2.24) is 4.72 Å². The lowest BCUT2D eigenvalue weighted by Crippen LogP contribution is -2.26. The molecule has 16 heavy (non-hydrogen) atoms. The Kier molecular flexibility index (Phi) is 4.46. The summed E-state index contributed by atoms with van der Waals surface area (Å²) < 4.78 is 25.6. The minimum absolute atomic E-state index is 0.0360. The number of sulfonamides is 1.